The van der Waals surface area contributed by atoms with E-state index in [9.17, 15) is 4.79 Å². The fourth-order valence-electron chi connectivity index (χ4n) is 3.05. The highest BCUT2D eigenvalue weighted by atomic mass is 32.2. The van der Waals surface area contributed by atoms with Gasteiger partial charge in [0, 0.05) is 10.6 Å². The van der Waals surface area contributed by atoms with E-state index in [-0.39, 0.29) is 11.7 Å². The quantitative estimate of drug-likeness (QED) is 0.399. The second-order valence-corrected chi connectivity index (χ2v) is 8.29. The van der Waals surface area contributed by atoms with Crippen molar-refractivity contribution in [2.75, 3.05) is 16.8 Å². The number of hydrogen-bond donors (Lipinski definition) is 1. The first-order valence-electron chi connectivity index (χ1n) is 9.30. The number of anilines is 1. The number of imidazole rings is 1. The number of amides is 1. The summed E-state index contributed by atoms with van der Waals surface area (Å²) in [5.41, 5.74) is 3.62. The number of rotatable bonds is 7. The fraction of sp³-hybridized carbons (Fsp3) is 0.0870. The standard InChI is InChI=1S/C23H18N4OS2/c24-14-15-29-21-13-7-5-11-19(21)25-22(28)16-30-23-26-18-10-4-6-12-20(18)27(23)17-8-2-1-3-9-17/h1-13H,15-16H2,(H,25,28). The monoisotopic (exact) mass is 430 g/mol. The zero-order valence-electron chi connectivity index (χ0n) is 16.0. The zero-order chi connectivity index (χ0) is 20.8. The average Bonchev–Trinajstić information content (AvgIpc) is 3.16. The number of para-hydroxylation sites is 4. The largest absolute Gasteiger partial charge is 0.324 e. The highest BCUT2D eigenvalue weighted by Gasteiger charge is 2.15. The second-order valence-electron chi connectivity index (χ2n) is 6.33. The first-order valence-corrected chi connectivity index (χ1v) is 11.3. The number of nitriles is 1. The van der Waals surface area contributed by atoms with E-state index < -0.39 is 0 Å². The molecule has 1 heterocycles. The van der Waals surface area contributed by atoms with E-state index in [1.54, 1.807) is 0 Å². The van der Waals surface area contributed by atoms with Crippen molar-refractivity contribution in [3.63, 3.8) is 0 Å². The Kier molecular flexibility index (Phi) is 6.38. The summed E-state index contributed by atoms with van der Waals surface area (Å²) in [5, 5.41) is 12.5. The van der Waals surface area contributed by atoms with Crippen molar-refractivity contribution in [3.8, 4) is 11.8 Å². The average molecular weight is 431 g/mol. The smallest absolute Gasteiger partial charge is 0.234 e. The molecule has 0 aliphatic heterocycles. The van der Waals surface area contributed by atoms with Crippen LogP contribution >= 0.6 is 23.5 Å². The van der Waals surface area contributed by atoms with Gasteiger partial charge in [0.15, 0.2) is 5.16 Å². The number of carbonyl (C=O) groups excluding carboxylic acids is 1. The van der Waals surface area contributed by atoms with Crippen molar-refractivity contribution < 1.29 is 4.79 Å². The predicted molar refractivity (Wildman–Crippen MR) is 123 cm³/mol. The van der Waals surface area contributed by atoms with E-state index in [2.05, 4.69) is 16.0 Å². The Bertz CT molecular complexity index is 1210. The molecule has 4 aromatic rings. The maximum absolute atomic E-state index is 12.6. The third-order valence-corrected chi connectivity index (χ3v) is 6.21. The molecule has 0 saturated heterocycles. The summed E-state index contributed by atoms with van der Waals surface area (Å²) in [6, 6.07) is 27.6. The molecule has 0 bridgehead atoms. The molecular weight excluding hydrogens is 412 g/mol. The number of fused-ring (bicyclic) bond motifs is 1. The summed E-state index contributed by atoms with van der Waals surface area (Å²) in [6.45, 7) is 0. The number of aromatic nitrogens is 2. The zero-order valence-corrected chi connectivity index (χ0v) is 17.6. The van der Waals surface area contributed by atoms with Gasteiger partial charge in [0.1, 0.15) is 0 Å². The molecule has 0 saturated carbocycles. The second kappa shape index (κ2) is 9.53. The predicted octanol–water partition coefficient (Wildman–Crippen LogP) is 5.37. The molecule has 4 rings (SSSR count). The summed E-state index contributed by atoms with van der Waals surface area (Å²) in [4.78, 5) is 18.2. The van der Waals surface area contributed by atoms with Crippen LogP contribution < -0.4 is 5.32 Å². The molecule has 0 fully saturated rings. The van der Waals surface area contributed by atoms with Crippen LogP contribution in [0.4, 0.5) is 5.69 Å². The molecule has 3 aromatic carbocycles. The van der Waals surface area contributed by atoms with Gasteiger partial charge in [-0.15, -0.1) is 11.8 Å². The van der Waals surface area contributed by atoms with Crippen molar-refractivity contribution in [1.29, 1.82) is 5.26 Å². The van der Waals surface area contributed by atoms with Gasteiger partial charge in [-0.3, -0.25) is 9.36 Å². The minimum absolute atomic E-state index is 0.114. The van der Waals surface area contributed by atoms with Crippen LogP contribution in [0.15, 0.2) is 88.9 Å². The summed E-state index contributed by atoms with van der Waals surface area (Å²) in [7, 11) is 0. The van der Waals surface area contributed by atoms with E-state index in [4.69, 9.17) is 10.2 Å². The fourth-order valence-corrected chi connectivity index (χ4v) is 4.55. The summed E-state index contributed by atoms with van der Waals surface area (Å²) >= 11 is 2.81. The molecule has 1 N–H and O–H groups in total. The van der Waals surface area contributed by atoms with Gasteiger partial charge in [-0.25, -0.2) is 4.98 Å². The van der Waals surface area contributed by atoms with E-state index in [0.29, 0.717) is 5.75 Å². The van der Waals surface area contributed by atoms with Crippen molar-refractivity contribution in [1.82, 2.24) is 9.55 Å². The molecule has 5 nitrogen and oxygen atoms in total. The van der Waals surface area contributed by atoms with Crippen LogP contribution in [0.1, 0.15) is 0 Å². The number of hydrogen-bond acceptors (Lipinski definition) is 5. The lowest BCUT2D eigenvalue weighted by atomic mass is 10.3. The number of thioether (sulfide) groups is 2. The minimum Gasteiger partial charge on any atom is -0.324 e. The Morgan fingerprint density at radius 1 is 0.967 bits per heavy atom. The maximum atomic E-state index is 12.6. The van der Waals surface area contributed by atoms with Gasteiger partial charge in [-0.2, -0.15) is 5.26 Å². The SMILES string of the molecule is N#CCSc1ccccc1NC(=O)CSc1nc2ccccc2n1-c1ccccc1. The molecule has 0 aliphatic carbocycles. The van der Waals surface area contributed by atoms with Gasteiger partial charge in [-0.05, 0) is 36.4 Å². The van der Waals surface area contributed by atoms with Crippen molar-refractivity contribution in [2.24, 2.45) is 0 Å². The first-order chi connectivity index (χ1) is 14.8. The lowest BCUT2D eigenvalue weighted by Crippen LogP contribution is -2.15. The Hall–Kier alpha value is -3.21. The lowest BCUT2D eigenvalue weighted by Gasteiger charge is -2.11. The molecule has 0 aliphatic rings. The van der Waals surface area contributed by atoms with Gasteiger partial charge >= 0.3 is 0 Å². The normalized spacial score (nSPS) is 10.6. The van der Waals surface area contributed by atoms with Crippen molar-refractivity contribution >= 4 is 46.2 Å². The van der Waals surface area contributed by atoms with Crippen molar-refractivity contribution in [2.45, 2.75) is 10.1 Å². The van der Waals surface area contributed by atoms with Gasteiger partial charge in [0.25, 0.3) is 0 Å². The molecule has 30 heavy (non-hydrogen) atoms. The van der Waals surface area contributed by atoms with E-state index >= 15 is 0 Å². The van der Waals surface area contributed by atoms with Crippen molar-refractivity contribution in [3.05, 3.63) is 78.9 Å². The number of nitrogens with zero attached hydrogens (tertiary/aromatic N) is 3. The topological polar surface area (TPSA) is 70.7 Å². The van der Waals surface area contributed by atoms with Gasteiger partial charge < -0.3 is 5.32 Å². The molecule has 0 unspecified atom stereocenters. The minimum atomic E-state index is -0.114. The summed E-state index contributed by atoms with van der Waals surface area (Å²) in [6.07, 6.45) is 0. The molecule has 148 valence electrons. The van der Waals surface area contributed by atoms with Crippen LogP contribution in [-0.4, -0.2) is 27.0 Å². The van der Waals surface area contributed by atoms with E-state index in [1.807, 2.05) is 78.9 Å². The molecule has 0 spiro atoms. The van der Waals surface area contributed by atoms with E-state index in [0.717, 1.165) is 32.5 Å². The molecule has 0 atom stereocenters. The first kappa shape index (κ1) is 20.1. The Morgan fingerprint density at radius 2 is 1.70 bits per heavy atom. The lowest BCUT2D eigenvalue weighted by molar-refractivity contribution is -0.113. The third kappa shape index (κ3) is 4.51. The highest BCUT2D eigenvalue weighted by Crippen LogP contribution is 2.29. The van der Waals surface area contributed by atoms with Gasteiger partial charge in [0.05, 0.1) is 34.3 Å². The maximum Gasteiger partial charge on any atom is 0.234 e. The van der Waals surface area contributed by atoms with Crippen LogP contribution in [0.2, 0.25) is 0 Å². The molecule has 0 radical (unpaired) electrons. The van der Waals surface area contributed by atoms with Crippen LogP contribution in [-0.2, 0) is 4.79 Å². The van der Waals surface area contributed by atoms with Gasteiger partial charge in [-0.1, -0.05) is 54.2 Å². The number of benzene rings is 3. The third-order valence-electron chi connectivity index (χ3n) is 4.33. The Balaban J connectivity index is 1.53. The van der Waals surface area contributed by atoms with Crippen LogP contribution in [0.25, 0.3) is 16.7 Å². The number of nitrogens with one attached hydrogen (secondary N) is 1. The molecule has 1 aromatic heterocycles. The Labute approximate surface area is 183 Å². The molecular formula is C23H18N4OS2. The summed E-state index contributed by atoms with van der Waals surface area (Å²) < 4.78 is 2.07. The number of carbonyl (C=O) groups is 1. The van der Waals surface area contributed by atoms with Crippen LogP contribution in [0.5, 0.6) is 0 Å². The van der Waals surface area contributed by atoms with Crippen LogP contribution in [0, 0.1) is 11.3 Å². The van der Waals surface area contributed by atoms with E-state index in [1.165, 1.54) is 23.5 Å². The molecule has 7 heteroatoms. The Morgan fingerprint density at radius 3 is 2.53 bits per heavy atom. The summed E-state index contributed by atoms with van der Waals surface area (Å²) in [5.74, 6) is 0.451. The highest BCUT2D eigenvalue weighted by molar-refractivity contribution is 8.00. The molecule has 1 amide bonds. The van der Waals surface area contributed by atoms with Crippen LogP contribution in [0.3, 0.4) is 0 Å². The van der Waals surface area contributed by atoms with Gasteiger partial charge in [0.2, 0.25) is 5.91 Å².